The Bertz CT molecular complexity index is 414. The number of likely N-dealkylation sites (tertiary alicyclic amines) is 1. The van der Waals surface area contributed by atoms with Crippen LogP contribution in [0.4, 0.5) is 0 Å². The molecule has 150 valence electrons. The van der Waals surface area contributed by atoms with Gasteiger partial charge in [-0.3, -0.25) is 4.79 Å². The number of methoxy groups -OCH3 is 1. The van der Waals surface area contributed by atoms with E-state index in [9.17, 15) is 4.79 Å². The van der Waals surface area contributed by atoms with Crippen molar-refractivity contribution in [2.24, 2.45) is 11.8 Å². The molecule has 1 amide bonds. The molecule has 26 heavy (non-hydrogen) atoms. The van der Waals surface area contributed by atoms with Gasteiger partial charge in [0.05, 0.1) is 12.7 Å². The summed E-state index contributed by atoms with van der Waals surface area (Å²) in [4.78, 5) is 17.8. The molecular formula is C20H36N2O4. The second-order valence-electron chi connectivity index (χ2n) is 8.04. The smallest absolute Gasteiger partial charge is 0.225 e. The maximum Gasteiger partial charge on any atom is 0.225 e. The molecule has 0 radical (unpaired) electrons. The third-order valence-corrected chi connectivity index (χ3v) is 6.13. The van der Waals surface area contributed by atoms with Crippen LogP contribution in [0.5, 0.6) is 0 Å². The van der Waals surface area contributed by atoms with Crippen LogP contribution in [0.15, 0.2) is 0 Å². The van der Waals surface area contributed by atoms with Crippen LogP contribution in [0.1, 0.15) is 38.5 Å². The highest BCUT2D eigenvalue weighted by molar-refractivity contribution is 5.79. The highest BCUT2D eigenvalue weighted by atomic mass is 16.5. The number of nitrogens with zero attached hydrogens (tertiary/aromatic N) is 2. The van der Waals surface area contributed by atoms with Crippen LogP contribution in [0.3, 0.4) is 0 Å². The fourth-order valence-electron chi connectivity index (χ4n) is 4.42. The first-order valence-electron chi connectivity index (χ1n) is 10.5. The van der Waals surface area contributed by atoms with E-state index in [4.69, 9.17) is 14.2 Å². The van der Waals surface area contributed by atoms with Crippen molar-refractivity contribution in [1.82, 2.24) is 9.80 Å². The van der Waals surface area contributed by atoms with Crippen LogP contribution in [0.25, 0.3) is 0 Å². The molecule has 0 bridgehead atoms. The lowest BCUT2D eigenvalue weighted by Gasteiger charge is -2.37. The molecule has 0 N–H and O–H groups in total. The largest absolute Gasteiger partial charge is 0.383 e. The molecule has 6 nitrogen and oxygen atoms in total. The lowest BCUT2D eigenvalue weighted by Crippen LogP contribution is -2.46. The summed E-state index contributed by atoms with van der Waals surface area (Å²) < 4.78 is 16.5. The van der Waals surface area contributed by atoms with Gasteiger partial charge in [-0.1, -0.05) is 0 Å². The summed E-state index contributed by atoms with van der Waals surface area (Å²) in [6, 6.07) is 0. The lowest BCUT2D eigenvalue weighted by atomic mass is 9.93. The predicted molar refractivity (Wildman–Crippen MR) is 100 cm³/mol. The van der Waals surface area contributed by atoms with Gasteiger partial charge in [-0.15, -0.1) is 0 Å². The van der Waals surface area contributed by atoms with Gasteiger partial charge in [-0.2, -0.15) is 0 Å². The number of hydrogen-bond acceptors (Lipinski definition) is 5. The molecule has 3 saturated heterocycles. The second kappa shape index (κ2) is 10.6. The Labute approximate surface area is 158 Å². The van der Waals surface area contributed by atoms with Gasteiger partial charge < -0.3 is 24.0 Å². The molecule has 0 saturated carbocycles. The molecule has 3 aliphatic heterocycles. The molecule has 3 heterocycles. The van der Waals surface area contributed by atoms with Gasteiger partial charge in [0, 0.05) is 52.5 Å². The summed E-state index contributed by atoms with van der Waals surface area (Å²) in [6.45, 7) is 8.03. The van der Waals surface area contributed by atoms with Crippen molar-refractivity contribution in [3.05, 3.63) is 0 Å². The monoisotopic (exact) mass is 368 g/mol. The Morgan fingerprint density at radius 3 is 2.50 bits per heavy atom. The average molecular weight is 369 g/mol. The van der Waals surface area contributed by atoms with Crippen molar-refractivity contribution in [1.29, 1.82) is 0 Å². The molecule has 1 atom stereocenters. The van der Waals surface area contributed by atoms with E-state index in [0.717, 1.165) is 84.8 Å². The van der Waals surface area contributed by atoms with Gasteiger partial charge in [0.25, 0.3) is 0 Å². The number of rotatable bonds is 8. The van der Waals surface area contributed by atoms with E-state index in [-0.39, 0.29) is 12.0 Å². The van der Waals surface area contributed by atoms with Crippen LogP contribution in [-0.2, 0) is 19.0 Å². The normalized spacial score (nSPS) is 26.3. The molecular weight excluding hydrogens is 332 g/mol. The molecule has 0 aromatic carbocycles. The summed E-state index contributed by atoms with van der Waals surface area (Å²) in [7, 11) is 1.76. The second-order valence-corrected chi connectivity index (χ2v) is 8.04. The number of ether oxygens (including phenoxy) is 3. The third-order valence-electron chi connectivity index (χ3n) is 6.13. The van der Waals surface area contributed by atoms with Crippen LogP contribution in [0.2, 0.25) is 0 Å². The number of carbonyl (C=O) groups excluding carboxylic acids is 1. The van der Waals surface area contributed by atoms with Crippen LogP contribution in [0, 0.1) is 11.8 Å². The Kier molecular flexibility index (Phi) is 8.17. The molecule has 3 fully saturated rings. The van der Waals surface area contributed by atoms with Crippen molar-refractivity contribution in [2.45, 2.75) is 44.6 Å². The fraction of sp³-hybridized carbons (Fsp3) is 0.950. The van der Waals surface area contributed by atoms with Gasteiger partial charge in [0.1, 0.15) is 0 Å². The molecule has 0 unspecified atom stereocenters. The minimum Gasteiger partial charge on any atom is -0.383 e. The average Bonchev–Trinajstić information content (AvgIpc) is 3.20. The number of amides is 1. The highest BCUT2D eigenvalue weighted by Crippen LogP contribution is 2.24. The van der Waals surface area contributed by atoms with E-state index in [1.807, 2.05) is 0 Å². The first kappa shape index (κ1) is 20.1. The van der Waals surface area contributed by atoms with Crippen molar-refractivity contribution >= 4 is 5.91 Å². The summed E-state index contributed by atoms with van der Waals surface area (Å²) in [6.07, 6.45) is 6.54. The lowest BCUT2D eigenvalue weighted by molar-refractivity contribution is -0.141. The Balaban J connectivity index is 1.52. The summed E-state index contributed by atoms with van der Waals surface area (Å²) in [5.41, 5.74) is 0. The molecule has 3 rings (SSSR count). The number of piperidine rings is 1. The zero-order chi connectivity index (χ0) is 18.2. The van der Waals surface area contributed by atoms with E-state index in [1.165, 1.54) is 12.8 Å². The molecule has 0 aromatic heterocycles. The fourth-order valence-corrected chi connectivity index (χ4v) is 4.42. The van der Waals surface area contributed by atoms with Gasteiger partial charge in [0.15, 0.2) is 0 Å². The van der Waals surface area contributed by atoms with E-state index in [1.54, 1.807) is 7.11 Å². The minimum absolute atomic E-state index is 0.145. The highest BCUT2D eigenvalue weighted by Gasteiger charge is 2.31. The van der Waals surface area contributed by atoms with Crippen LogP contribution >= 0.6 is 0 Å². The van der Waals surface area contributed by atoms with Gasteiger partial charge >= 0.3 is 0 Å². The van der Waals surface area contributed by atoms with Gasteiger partial charge in [-0.05, 0) is 57.5 Å². The van der Waals surface area contributed by atoms with E-state index in [2.05, 4.69) is 9.80 Å². The van der Waals surface area contributed by atoms with Crippen molar-refractivity contribution in [2.75, 3.05) is 66.3 Å². The Hall–Kier alpha value is -0.690. The molecule has 3 aliphatic rings. The van der Waals surface area contributed by atoms with Crippen molar-refractivity contribution < 1.29 is 19.0 Å². The summed E-state index contributed by atoms with van der Waals surface area (Å²) in [5, 5.41) is 0. The predicted octanol–water partition coefficient (Wildman–Crippen LogP) is 1.78. The van der Waals surface area contributed by atoms with Crippen LogP contribution < -0.4 is 0 Å². The molecule has 6 heteroatoms. The number of hydrogen-bond donors (Lipinski definition) is 0. The standard InChI is InChI=1S/C20H36N2O4/c1-24-14-10-21-8-4-17(5-9-21)15-22(16-19-3-2-11-26-19)20(23)18-6-12-25-13-7-18/h17-19H,2-16H2,1H3/t19-/m1/s1. The maximum absolute atomic E-state index is 13.2. The first-order valence-corrected chi connectivity index (χ1v) is 10.5. The van der Waals surface area contributed by atoms with E-state index in [0.29, 0.717) is 11.8 Å². The molecule has 0 spiro atoms. The SMILES string of the molecule is COCCN1CCC(CN(C[C@H]2CCCO2)C(=O)C2CCOCC2)CC1. The Morgan fingerprint density at radius 1 is 1.08 bits per heavy atom. The number of carbonyl (C=O) groups is 1. The van der Waals surface area contributed by atoms with E-state index >= 15 is 0 Å². The topological polar surface area (TPSA) is 51.2 Å². The molecule has 0 aromatic rings. The zero-order valence-corrected chi connectivity index (χ0v) is 16.4. The Morgan fingerprint density at radius 2 is 1.85 bits per heavy atom. The maximum atomic E-state index is 13.2. The minimum atomic E-state index is 0.145. The van der Waals surface area contributed by atoms with Crippen LogP contribution in [-0.4, -0.2) is 88.1 Å². The van der Waals surface area contributed by atoms with Gasteiger partial charge in [-0.25, -0.2) is 0 Å². The first-order chi connectivity index (χ1) is 12.8. The third kappa shape index (κ3) is 5.91. The van der Waals surface area contributed by atoms with Crippen molar-refractivity contribution in [3.8, 4) is 0 Å². The zero-order valence-electron chi connectivity index (χ0n) is 16.4. The van der Waals surface area contributed by atoms with Gasteiger partial charge in [0.2, 0.25) is 5.91 Å². The molecule has 0 aliphatic carbocycles. The quantitative estimate of drug-likeness (QED) is 0.654. The van der Waals surface area contributed by atoms with E-state index < -0.39 is 0 Å². The van der Waals surface area contributed by atoms with Crippen molar-refractivity contribution in [3.63, 3.8) is 0 Å². The summed E-state index contributed by atoms with van der Waals surface area (Å²) in [5.74, 6) is 1.09. The summed E-state index contributed by atoms with van der Waals surface area (Å²) >= 11 is 0.